The molecule has 0 bridgehead atoms. The topological polar surface area (TPSA) is 117 Å². The zero-order chi connectivity index (χ0) is 28.8. The van der Waals surface area contributed by atoms with E-state index in [4.69, 9.17) is 18.9 Å². The minimum Gasteiger partial charge on any atom is -0.474 e. The number of hydrogen-bond acceptors (Lipinski definition) is 8. The van der Waals surface area contributed by atoms with Gasteiger partial charge in [-0.1, -0.05) is 0 Å². The molecule has 1 fully saturated rings. The van der Waals surface area contributed by atoms with Gasteiger partial charge in [0.15, 0.2) is 5.65 Å². The molecule has 1 aliphatic rings. The summed E-state index contributed by atoms with van der Waals surface area (Å²) in [7, 11) is 0.919. The smallest absolute Gasteiger partial charge is 0.410 e. The number of methoxy groups -OCH3 is 1. The van der Waals surface area contributed by atoms with Crippen LogP contribution < -0.4 is 10.1 Å². The first-order chi connectivity index (χ1) is 18.3. The van der Waals surface area contributed by atoms with Crippen molar-refractivity contribution in [3.8, 4) is 5.88 Å². The molecular formula is C27H45N5O6S. The Labute approximate surface area is 233 Å². The molecular weight excluding hydrogens is 522 g/mol. The fourth-order valence-electron chi connectivity index (χ4n) is 4.19. The highest BCUT2D eigenvalue weighted by Crippen LogP contribution is 2.33. The Hall–Kier alpha value is -2.57. The molecule has 1 unspecified atom stereocenters. The van der Waals surface area contributed by atoms with Gasteiger partial charge in [0.2, 0.25) is 5.88 Å². The third-order valence-electron chi connectivity index (χ3n) is 6.08. The second-order valence-electron chi connectivity index (χ2n) is 11.8. The van der Waals surface area contributed by atoms with Crippen LogP contribution in [0.2, 0.25) is 0 Å². The van der Waals surface area contributed by atoms with Gasteiger partial charge in [-0.15, -0.1) is 0 Å². The number of aromatic nitrogens is 3. The lowest BCUT2D eigenvalue weighted by Crippen LogP contribution is -2.42. The van der Waals surface area contributed by atoms with E-state index in [0.29, 0.717) is 36.5 Å². The molecule has 3 rings (SSSR count). The molecule has 12 heteroatoms. The third-order valence-corrected chi connectivity index (χ3v) is 7.47. The van der Waals surface area contributed by atoms with Crippen molar-refractivity contribution in [3.05, 3.63) is 18.0 Å². The van der Waals surface area contributed by atoms with Crippen LogP contribution in [0.25, 0.3) is 11.2 Å². The molecule has 2 atom stereocenters. The van der Waals surface area contributed by atoms with Crippen LogP contribution in [-0.4, -0.2) is 107 Å². The monoisotopic (exact) mass is 567 g/mol. The Morgan fingerprint density at radius 1 is 1.26 bits per heavy atom. The van der Waals surface area contributed by atoms with Gasteiger partial charge in [-0.25, -0.2) is 24.8 Å². The van der Waals surface area contributed by atoms with Crippen molar-refractivity contribution < 1.29 is 28.5 Å². The summed E-state index contributed by atoms with van der Waals surface area (Å²) in [4.78, 5) is 36.7. The Morgan fingerprint density at radius 3 is 2.67 bits per heavy atom. The van der Waals surface area contributed by atoms with Crippen molar-refractivity contribution in [2.45, 2.75) is 65.0 Å². The summed E-state index contributed by atoms with van der Waals surface area (Å²) in [6, 6.07) is -0.307. The number of ether oxygens (including phenoxy) is 4. The molecule has 1 saturated heterocycles. The van der Waals surface area contributed by atoms with Gasteiger partial charge in [0, 0.05) is 31.6 Å². The van der Waals surface area contributed by atoms with Gasteiger partial charge in [-0.3, -0.25) is 4.79 Å². The second-order valence-corrected chi connectivity index (χ2v) is 16.4. The minimum atomic E-state index is -0.673. The molecule has 0 aliphatic carbocycles. The minimum absolute atomic E-state index is 0.127. The second kappa shape index (κ2) is 13.2. The normalized spacial score (nSPS) is 17.3. The van der Waals surface area contributed by atoms with E-state index in [1.54, 1.807) is 29.0 Å². The van der Waals surface area contributed by atoms with Crippen LogP contribution >= 0.6 is 10.0 Å². The number of amides is 2. The van der Waals surface area contributed by atoms with E-state index < -0.39 is 15.6 Å². The van der Waals surface area contributed by atoms with Gasteiger partial charge in [0.25, 0.3) is 5.91 Å². The molecule has 220 valence electrons. The maximum atomic E-state index is 13.1. The first-order valence-corrected chi connectivity index (χ1v) is 16.3. The fourth-order valence-corrected chi connectivity index (χ4v) is 4.80. The number of rotatable bonds is 12. The quantitative estimate of drug-likeness (QED) is 0.387. The summed E-state index contributed by atoms with van der Waals surface area (Å²) in [5, 5.41) is 2.94. The molecule has 2 amide bonds. The van der Waals surface area contributed by atoms with Gasteiger partial charge in [-0.2, -0.15) is 0 Å². The average molecular weight is 568 g/mol. The molecule has 39 heavy (non-hydrogen) atoms. The Bertz CT molecular complexity index is 1130. The zero-order valence-electron chi connectivity index (χ0n) is 24.6. The number of carbonyl (C=O) groups is 2. The number of carbonyl (C=O) groups excluding carboxylic acids is 2. The lowest BCUT2D eigenvalue weighted by molar-refractivity contribution is 0.0185. The zero-order valence-corrected chi connectivity index (χ0v) is 25.4. The van der Waals surface area contributed by atoms with Crippen LogP contribution in [0, 0.1) is 0 Å². The molecule has 0 aromatic carbocycles. The Morgan fingerprint density at radius 2 is 2.00 bits per heavy atom. The molecule has 3 heterocycles. The van der Waals surface area contributed by atoms with E-state index >= 15 is 0 Å². The standard InChI is InChI=1S/C27H45N5O6S/c1-19(16-35-5)29-25(33)21-15-31(18-36-12-13-39(6,7)8)24-23(21)30-22(14-28-24)37-17-20-10-9-11-32(20)26(34)38-27(2,3)4/h14-15,19-20H,9-13,16-18H2,1-8H3,(H,29,33)/t19-,20?/m0/s1. The van der Waals surface area contributed by atoms with Gasteiger partial charge in [0.05, 0.1) is 31.0 Å². The van der Waals surface area contributed by atoms with Crippen LogP contribution in [0.5, 0.6) is 5.88 Å². The van der Waals surface area contributed by atoms with Gasteiger partial charge < -0.3 is 33.7 Å². The summed E-state index contributed by atoms with van der Waals surface area (Å²) in [6.07, 6.45) is 11.3. The van der Waals surface area contributed by atoms with Crippen LogP contribution in [0.1, 0.15) is 50.9 Å². The van der Waals surface area contributed by atoms with Gasteiger partial charge in [0.1, 0.15) is 24.5 Å². The van der Waals surface area contributed by atoms with Crippen LogP contribution in [0.4, 0.5) is 4.79 Å². The predicted octanol–water partition coefficient (Wildman–Crippen LogP) is 3.64. The number of nitrogens with zero attached hydrogens (tertiary/aromatic N) is 4. The maximum Gasteiger partial charge on any atom is 0.410 e. The van der Waals surface area contributed by atoms with Crippen molar-refractivity contribution in [3.63, 3.8) is 0 Å². The van der Waals surface area contributed by atoms with E-state index in [0.717, 1.165) is 18.6 Å². The van der Waals surface area contributed by atoms with Crippen molar-refractivity contribution in [1.82, 2.24) is 24.8 Å². The van der Waals surface area contributed by atoms with Crippen molar-refractivity contribution in [1.29, 1.82) is 0 Å². The lowest BCUT2D eigenvalue weighted by atomic mass is 10.2. The van der Waals surface area contributed by atoms with E-state index in [1.807, 2.05) is 27.7 Å². The summed E-state index contributed by atoms with van der Waals surface area (Å²) in [5.74, 6) is 0.993. The molecule has 0 radical (unpaired) electrons. The van der Waals surface area contributed by atoms with Crippen LogP contribution in [-0.2, 0) is 20.9 Å². The van der Waals surface area contributed by atoms with Crippen LogP contribution in [0.15, 0.2) is 12.4 Å². The number of hydrogen-bond donors (Lipinski definition) is 1. The molecule has 11 nitrogen and oxygen atoms in total. The summed E-state index contributed by atoms with van der Waals surface area (Å²) < 4.78 is 24.4. The third kappa shape index (κ3) is 9.25. The average Bonchev–Trinajstić information content (AvgIpc) is 3.43. The van der Waals surface area contributed by atoms with Crippen LogP contribution in [0.3, 0.4) is 0 Å². The molecule has 0 saturated carbocycles. The molecule has 2 aromatic rings. The lowest BCUT2D eigenvalue weighted by Gasteiger charge is -2.28. The highest BCUT2D eigenvalue weighted by Gasteiger charge is 2.33. The number of fused-ring (bicyclic) bond motifs is 1. The fraction of sp³-hybridized carbons (Fsp3) is 0.704. The first-order valence-electron chi connectivity index (χ1n) is 13.3. The summed E-state index contributed by atoms with van der Waals surface area (Å²) in [5.41, 5.74) is 0.776. The highest BCUT2D eigenvalue weighted by molar-refractivity contribution is 8.32. The van der Waals surface area contributed by atoms with Crippen molar-refractivity contribution >= 4 is 33.2 Å². The SMILES string of the molecule is COC[C@H](C)NC(=O)c1cn(COCCS(C)(C)C)c2ncc(OCC3CCCN3C(=O)OC(C)(C)C)nc12. The van der Waals surface area contributed by atoms with Crippen molar-refractivity contribution in [2.75, 3.05) is 58.0 Å². The molecule has 1 aliphatic heterocycles. The van der Waals surface area contributed by atoms with E-state index in [1.165, 1.54) is 0 Å². The summed E-state index contributed by atoms with van der Waals surface area (Å²) >= 11 is 0. The largest absolute Gasteiger partial charge is 0.474 e. The predicted molar refractivity (Wildman–Crippen MR) is 154 cm³/mol. The van der Waals surface area contributed by atoms with Gasteiger partial charge >= 0.3 is 6.09 Å². The highest BCUT2D eigenvalue weighted by atomic mass is 32.3. The molecule has 2 aromatic heterocycles. The number of nitrogens with one attached hydrogen (secondary N) is 1. The van der Waals surface area contributed by atoms with E-state index in [9.17, 15) is 9.59 Å². The first kappa shape index (κ1) is 31.0. The Balaban J connectivity index is 1.77. The maximum absolute atomic E-state index is 13.1. The molecule has 1 N–H and O–H groups in total. The number of likely N-dealkylation sites (tertiary alicyclic amines) is 1. The van der Waals surface area contributed by atoms with E-state index in [-0.39, 0.29) is 43.3 Å². The summed E-state index contributed by atoms with van der Waals surface area (Å²) in [6.45, 7) is 9.57. The van der Waals surface area contributed by atoms with Crippen molar-refractivity contribution in [2.24, 2.45) is 0 Å². The molecule has 0 spiro atoms. The van der Waals surface area contributed by atoms with E-state index in [2.05, 4.69) is 34.1 Å². The Kier molecular flexibility index (Phi) is 10.5. The van der Waals surface area contributed by atoms with Gasteiger partial charge in [-0.05, 0) is 59.3 Å².